The molecule has 0 aliphatic heterocycles. The van der Waals surface area contributed by atoms with E-state index in [9.17, 15) is 4.39 Å². The largest absolute Gasteiger partial charge is 0.325 e. The summed E-state index contributed by atoms with van der Waals surface area (Å²) in [5.41, 5.74) is 2.51. The highest BCUT2D eigenvalue weighted by Gasteiger charge is 2.24. The zero-order valence-electron chi connectivity index (χ0n) is 12.7. The second-order valence-electron chi connectivity index (χ2n) is 6.34. The smallest absolute Gasteiger partial charge is 0.128 e. The van der Waals surface area contributed by atoms with Crippen LogP contribution in [-0.4, -0.2) is 15.4 Å². The standard InChI is InChI=1S/C17H22ClFN2/c1-11-3-5-13(6-4-11)21-16-9-12(2)14(19)10-15(16)20-17(21)7-8-18/h9-11,13H,3-8H2,1-2H3. The van der Waals surface area contributed by atoms with Crippen LogP contribution in [0.5, 0.6) is 0 Å². The minimum Gasteiger partial charge on any atom is -0.325 e. The van der Waals surface area contributed by atoms with Crippen LogP contribution in [0.25, 0.3) is 11.0 Å². The van der Waals surface area contributed by atoms with Crippen molar-refractivity contribution in [1.82, 2.24) is 9.55 Å². The average molecular weight is 309 g/mol. The Morgan fingerprint density at radius 2 is 2.00 bits per heavy atom. The number of fused-ring (bicyclic) bond motifs is 1. The summed E-state index contributed by atoms with van der Waals surface area (Å²) in [5.74, 6) is 2.19. The Bertz CT molecular complexity index is 642. The van der Waals surface area contributed by atoms with Gasteiger partial charge in [0.2, 0.25) is 0 Å². The van der Waals surface area contributed by atoms with E-state index in [4.69, 9.17) is 11.6 Å². The Balaban J connectivity index is 2.09. The lowest BCUT2D eigenvalue weighted by molar-refractivity contribution is 0.289. The van der Waals surface area contributed by atoms with Gasteiger partial charge in [-0.15, -0.1) is 11.6 Å². The monoisotopic (exact) mass is 308 g/mol. The van der Waals surface area contributed by atoms with Crippen molar-refractivity contribution in [2.75, 3.05) is 5.88 Å². The fourth-order valence-corrected chi connectivity index (χ4v) is 3.61. The third-order valence-corrected chi connectivity index (χ3v) is 4.90. The van der Waals surface area contributed by atoms with E-state index in [-0.39, 0.29) is 5.82 Å². The van der Waals surface area contributed by atoms with E-state index in [1.54, 1.807) is 6.07 Å². The zero-order chi connectivity index (χ0) is 15.0. The number of benzene rings is 1. The first-order chi connectivity index (χ1) is 10.1. The van der Waals surface area contributed by atoms with E-state index in [1.165, 1.54) is 25.7 Å². The summed E-state index contributed by atoms with van der Waals surface area (Å²) >= 11 is 5.93. The quantitative estimate of drug-likeness (QED) is 0.728. The van der Waals surface area contributed by atoms with Crippen molar-refractivity contribution in [2.24, 2.45) is 5.92 Å². The second kappa shape index (κ2) is 5.96. The molecule has 4 heteroatoms. The van der Waals surface area contributed by atoms with Gasteiger partial charge >= 0.3 is 0 Å². The number of aryl methyl sites for hydroxylation is 2. The molecule has 2 aromatic rings. The van der Waals surface area contributed by atoms with Crippen LogP contribution >= 0.6 is 11.6 Å². The molecular formula is C17H22ClFN2. The summed E-state index contributed by atoms with van der Waals surface area (Å²) in [5, 5.41) is 0. The maximum absolute atomic E-state index is 13.8. The van der Waals surface area contributed by atoms with Gasteiger partial charge in [-0.05, 0) is 50.2 Å². The molecule has 114 valence electrons. The molecule has 0 saturated heterocycles. The van der Waals surface area contributed by atoms with Gasteiger partial charge in [0, 0.05) is 24.4 Å². The van der Waals surface area contributed by atoms with Crippen LogP contribution in [0.15, 0.2) is 12.1 Å². The summed E-state index contributed by atoms with van der Waals surface area (Å²) in [6.45, 7) is 4.14. The zero-order valence-corrected chi connectivity index (χ0v) is 13.5. The number of halogens is 2. The highest BCUT2D eigenvalue weighted by Crippen LogP contribution is 2.35. The van der Waals surface area contributed by atoms with Crippen molar-refractivity contribution in [3.8, 4) is 0 Å². The first-order valence-corrected chi connectivity index (χ1v) is 8.36. The summed E-state index contributed by atoms with van der Waals surface area (Å²) < 4.78 is 16.1. The number of rotatable bonds is 3. The molecule has 2 nitrogen and oxygen atoms in total. The van der Waals surface area contributed by atoms with Crippen molar-refractivity contribution < 1.29 is 4.39 Å². The Morgan fingerprint density at radius 1 is 1.29 bits per heavy atom. The van der Waals surface area contributed by atoms with E-state index in [0.29, 0.717) is 17.5 Å². The fraction of sp³-hybridized carbons (Fsp3) is 0.588. The number of imidazole rings is 1. The predicted octanol–water partition coefficient (Wildman–Crippen LogP) is 5.02. The van der Waals surface area contributed by atoms with Crippen LogP contribution in [0, 0.1) is 18.7 Å². The molecule has 0 atom stereocenters. The minimum atomic E-state index is -0.179. The fourth-order valence-electron chi connectivity index (χ4n) is 3.44. The van der Waals surface area contributed by atoms with E-state index < -0.39 is 0 Å². The number of aromatic nitrogens is 2. The van der Waals surface area contributed by atoms with Gasteiger partial charge in [-0.2, -0.15) is 0 Å². The number of nitrogens with zero attached hydrogens (tertiary/aromatic N) is 2. The van der Waals surface area contributed by atoms with Crippen LogP contribution in [0.2, 0.25) is 0 Å². The van der Waals surface area contributed by atoms with Crippen LogP contribution in [-0.2, 0) is 6.42 Å². The number of hydrogen-bond donors (Lipinski definition) is 0. The Morgan fingerprint density at radius 3 is 2.67 bits per heavy atom. The molecule has 1 saturated carbocycles. The van der Waals surface area contributed by atoms with Gasteiger partial charge in [-0.1, -0.05) is 6.92 Å². The number of hydrogen-bond acceptors (Lipinski definition) is 1. The van der Waals surface area contributed by atoms with Crippen molar-refractivity contribution in [1.29, 1.82) is 0 Å². The third kappa shape index (κ3) is 2.80. The van der Waals surface area contributed by atoms with Gasteiger partial charge in [0.15, 0.2) is 0 Å². The molecule has 1 aliphatic carbocycles. The highest BCUT2D eigenvalue weighted by molar-refractivity contribution is 6.17. The van der Waals surface area contributed by atoms with Gasteiger partial charge < -0.3 is 4.57 Å². The molecule has 1 heterocycles. The van der Waals surface area contributed by atoms with Crippen LogP contribution in [0.1, 0.15) is 50.0 Å². The molecule has 0 N–H and O–H groups in total. The molecule has 0 amide bonds. The Hall–Kier alpha value is -1.09. The first kappa shape index (κ1) is 14.8. The molecule has 21 heavy (non-hydrogen) atoms. The van der Waals surface area contributed by atoms with Gasteiger partial charge in [0.1, 0.15) is 11.6 Å². The summed E-state index contributed by atoms with van der Waals surface area (Å²) in [4.78, 5) is 4.64. The van der Waals surface area contributed by atoms with Crippen molar-refractivity contribution in [3.63, 3.8) is 0 Å². The van der Waals surface area contributed by atoms with Crippen molar-refractivity contribution >= 4 is 22.6 Å². The van der Waals surface area contributed by atoms with Gasteiger partial charge in [-0.3, -0.25) is 0 Å². The summed E-state index contributed by atoms with van der Waals surface area (Å²) in [6, 6.07) is 3.98. The maximum Gasteiger partial charge on any atom is 0.128 e. The molecular weight excluding hydrogens is 287 g/mol. The summed E-state index contributed by atoms with van der Waals surface area (Å²) in [7, 11) is 0. The Kier molecular flexibility index (Phi) is 4.21. The molecule has 0 bridgehead atoms. The van der Waals surface area contributed by atoms with Crippen molar-refractivity contribution in [3.05, 3.63) is 29.3 Å². The molecule has 0 radical (unpaired) electrons. The SMILES string of the molecule is Cc1cc2c(cc1F)nc(CCCl)n2C1CCC(C)CC1. The van der Waals surface area contributed by atoms with Crippen LogP contribution in [0.4, 0.5) is 4.39 Å². The molecule has 1 aromatic heterocycles. The first-order valence-electron chi connectivity index (χ1n) is 7.83. The lowest BCUT2D eigenvalue weighted by Crippen LogP contribution is -2.19. The molecule has 0 unspecified atom stereocenters. The molecule has 3 rings (SSSR count). The minimum absolute atomic E-state index is 0.179. The topological polar surface area (TPSA) is 17.8 Å². The predicted molar refractivity (Wildman–Crippen MR) is 85.5 cm³/mol. The molecule has 1 fully saturated rings. The van der Waals surface area contributed by atoms with Crippen LogP contribution in [0.3, 0.4) is 0 Å². The second-order valence-corrected chi connectivity index (χ2v) is 6.72. The number of alkyl halides is 1. The summed E-state index contributed by atoms with van der Waals surface area (Å²) in [6.07, 6.45) is 5.61. The highest BCUT2D eigenvalue weighted by atomic mass is 35.5. The van der Waals surface area contributed by atoms with Crippen molar-refractivity contribution in [2.45, 2.75) is 52.0 Å². The third-order valence-electron chi connectivity index (χ3n) is 4.71. The molecule has 0 spiro atoms. The average Bonchev–Trinajstić information content (AvgIpc) is 2.78. The van der Waals surface area contributed by atoms with E-state index in [2.05, 4.69) is 16.5 Å². The van der Waals surface area contributed by atoms with E-state index in [0.717, 1.165) is 29.2 Å². The van der Waals surface area contributed by atoms with Crippen LogP contribution < -0.4 is 0 Å². The lowest BCUT2D eigenvalue weighted by Gasteiger charge is -2.29. The van der Waals surface area contributed by atoms with E-state index in [1.807, 2.05) is 13.0 Å². The lowest BCUT2D eigenvalue weighted by atomic mass is 9.87. The maximum atomic E-state index is 13.8. The Labute approximate surface area is 130 Å². The van der Waals surface area contributed by atoms with Gasteiger partial charge in [0.25, 0.3) is 0 Å². The van der Waals surface area contributed by atoms with E-state index >= 15 is 0 Å². The van der Waals surface area contributed by atoms with Gasteiger partial charge in [-0.25, -0.2) is 9.37 Å². The molecule has 1 aliphatic rings. The van der Waals surface area contributed by atoms with Gasteiger partial charge in [0.05, 0.1) is 11.0 Å². The molecule has 1 aromatic carbocycles. The normalized spacial score (nSPS) is 22.9.